The Kier molecular flexibility index (Phi) is 5.80. The number of allylic oxidation sites excluding steroid dienone is 1. The van der Waals surface area contributed by atoms with E-state index in [9.17, 15) is 4.79 Å². The van der Waals surface area contributed by atoms with Gasteiger partial charge in [-0.25, -0.2) is 4.79 Å². The van der Waals surface area contributed by atoms with E-state index in [1.54, 1.807) is 14.2 Å². The molecule has 3 aliphatic rings. The number of ether oxygens (including phenoxy) is 2. The Morgan fingerprint density at radius 1 is 1.03 bits per heavy atom. The Morgan fingerprint density at radius 2 is 1.74 bits per heavy atom. The van der Waals surface area contributed by atoms with Crippen molar-refractivity contribution in [3.8, 4) is 11.5 Å². The zero-order valence-corrected chi connectivity index (χ0v) is 20.9. The van der Waals surface area contributed by atoms with E-state index in [2.05, 4.69) is 55.3 Å². The molecule has 0 saturated carbocycles. The summed E-state index contributed by atoms with van der Waals surface area (Å²) in [6.45, 7) is 9.90. The predicted molar refractivity (Wildman–Crippen MR) is 133 cm³/mol. The van der Waals surface area contributed by atoms with Crippen LogP contribution in [0.15, 0.2) is 42.1 Å². The van der Waals surface area contributed by atoms with Crippen LogP contribution in [0.4, 0.5) is 4.79 Å². The summed E-state index contributed by atoms with van der Waals surface area (Å²) < 4.78 is 11.2. The third-order valence-corrected chi connectivity index (χ3v) is 7.62. The van der Waals surface area contributed by atoms with Gasteiger partial charge in [0.05, 0.1) is 26.3 Å². The van der Waals surface area contributed by atoms with Crippen molar-refractivity contribution < 1.29 is 14.3 Å². The number of nitrogens with zero attached hydrogens (tertiary/aromatic N) is 2. The van der Waals surface area contributed by atoms with Gasteiger partial charge in [0.25, 0.3) is 0 Å². The van der Waals surface area contributed by atoms with Crippen LogP contribution in [-0.4, -0.2) is 48.7 Å². The van der Waals surface area contributed by atoms with Gasteiger partial charge in [-0.2, -0.15) is 0 Å². The Balaban J connectivity index is 1.40. The molecule has 5 rings (SSSR count). The van der Waals surface area contributed by atoms with Gasteiger partial charge in [0.2, 0.25) is 0 Å². The highest BCUT2D eigenvalue weighted by Crippen LogP contribution is 2.45. The number of carbonyl (C=O) groups excluding carboxylic acids is 1. The van der Waals surface area contributed by atoms with E-state index in [1.165, 1.54) is 16.7 Å². The van der Waals surface area contributed by atoms with Crippen molar-refractivity contribution in [3.63, 3.8) is 0 Å². The minimum absolute atomic E-state index is 0.00385. The lowest BCUT2D eigenvalue weighted by Crippen LogP contribution is -2.51. The molecule has 6 heteroatoms. The molecular formula is C28H35N3O3. The van der Waals surface area contributed by atoms with Gasteiger partial charge in [-0.15, -0.1) is 0 Å². The number of aryl methyl sites for hydroxylation is 2. The second-order valence-electron chi connectivity index (χ2n) is 10.1. The van der Waals surface area contributed by atoms with E-state index in [-0.39, 0.29) is 17.5 Å². The number of carbonyl (C=O) groups is 1. The summed E-state index contributed by atoms with van der Waals surface area (Å²) >= 11 is 0. The van der Waals surface area contributed by atoms with Gasteiger partial charge in [0.15, 0.2) is 0 Å². The maximum absolute atomic E-state index is 13.2. The molecule has 1 atom stereocenters. The van der Waals surface area contributed by atoms with Gasteiger partial charge < -0.3 is 14.8 Å². The normalized spacial score (nSPS) is 21.4. The van der Waals surface area contributed by atoms with E-state index in [1.807, 2.05) is 17.0 Å². The van der Waals surface area contributed by atoms with Gasteiger partial charge in [-0.3, -0.25) is 9.80 Å². The molecule has 1 N–H and O–H groups in total. The predicted octanol–water partition coefficient (Wildman–Crippen LogP) is 4.88. The highest BCUT2D eigenvalue weighted by atomic mass is 16.5. The monoisotopic (exact) mass is 461 g/mol. The Bertz CT molecular complexity index is 1130. The lowest BCUT2D eigenvalue weighted by atomic mass is 9.83. The second kappa shape index (κ2) is 8.66. The minimum Gasteiger partial charge on any atom is -0.497 e. The number of benzene rings is 2. The number of piperidine rings is 1. The molecule has 6 nitrogen and oxygen atoms in total. The van der Waals surface area contributed by atoms with E-state index >= 15 is 0 Å². The third kappa shape index (κ3) is 3.94. The maximum Gasteiger partial charge on any atom is 0.322 e. The molecule has 0 unspecified atom stereocenters. The summed E-state index contributed by atoms with van der Waals surface area (Å²) in [6.07, 6.45) is 4.10. The molecule has 0 bridgehead atoms. The summed E-state index contributed by atoms with van der Waals surface area (Å²) in [5, 5.41) is 3.38. The Morgan fingerprint density at radius 3 is 2.38 bits per heavy atom. The molecule has 0 aromatic heterocycles. The van der Waals surface area contributed by atoms with Crippen molar-refractivity contribution in [1.29, 1.82) is 0 Å². The van der Waals surface area contributed by atoms with E-state index in [4.69, 9.17) is 9.47 Å². The molecule has 2 fully saturated rings. The topological polar surface area (TPSA) is 54.0 Å². The fraction of sp³-hybridized carbons (Fsp3) is 0.464. The SMILES string of the molecule is COc1cc2c(c(OC)c1)[C@H](C)C=C1N(C2)C(=O)NC12CCN(Cc1cc(C)cc(C)c1)CC2. The summed E-state index contributed by atoms with van der Waals surface area (Å²) in [4.78, 5) is 17.6. The lowest BCUT2D eigenvalue weighted by Gasteiger charge is -2.40. The van der Waals surface area contributed by atoms with Crippen molar-refractivity contribution in [1.82, 2.24) is 15.1 Å². The van der Waals surface area contributed by atoms with Crippen LogP contribution < -0.4 is 14.8 Å². The minimum atomic E-state index is -0.302. The number of nitrogens with one attached hydrogen (secondary N) is 1. The van der Waals surface area contributed by atoms with Crippen molar-refractivity contribution in [2.45, 2.75) is 58.2 Å². The first-order valence-corrected chi connectivity index (χ1v) is 12.2. The Hall–Kier alpha value is -2.99. The number of fused-ring (bicyclic) bond motifs is 3. The summed E-state index contributed by atoms with van der Waals surface area (Å²) in [5.74, 6) is 1.70. The fourth-order valence-electron chi connectivity index (χ4n) is 6.08. The van der Waals surface area contributed by atoms with Gasteiger partial charge in [0, 0.05) is 42.9 Å². The highest BCUT2D eigenvalue weighted by Gasteiger charge is 2.49. The number of hydrogen-bond acceptors (Lipinski definition) is 4. The largest absolute Gasteiger partial charge is 0.497 e. The number of likely N-dealkylation sites (tertiary alicyclic amines) is 1. The van der Waals surface area contributed by atoms with Crippen LogP contribution in [0, 0.1) is 13.8 Å². The van der Waals surface area contributed by atoms with Crippen molar-refractivity contribution in [3.05, 3.63) is 69.9 Å². The molecule has 0 radical (unpaired) electrons. The van der Waals surface area contributed by atoms with Gasteiger partial charge in [-0.1, -0.05) is 42.3 Å². The average Bonchev–Trinajstić information content (AvgIpc) is 2.94. The molecule has 1 spiro atoms. The first kappa shape index (κ1) is 22.8. The van der Waals surface area contributed by atoms with Crippen molar-refractivity contribution >= 4 is 6.03 Å². The van der Waals surface area contributed by atoms with Crippen LogP contribution in [0.2, 0.25) is 0 Å². The zero-order chi connectivity index (χ0) is 24.0. The molecule has 0 aliphatic carbocycles. The molecule has 2 amide bonds. The first-order chi connectivity index (χ1) is 16.3. The van der Waals surface area contributed by atoms with Crippen LogP contribution in [0.25, 0.3) is 0 Å². The van der Waals surface area contributed by atoms with Crippen LogP contribution in [0.1, 0.15) is 53.5 Å². The van der Waals surface area contributed by atoms with Crippen LogP contribution in [0.5, 0.6) is 11.5 Å². The van der Waals surface area contributed by atoms with E-state index in [0.29, 0.717) is 6.54 Å². The Labute approximate surface area is 202 Å². The molecule has 180 valence electrons. The summed E-state index contributed by atoms with van der Waals surface area (Å²) in [7, 11) is 3.36. The molecule has 3 aliphatic heterocycles. The smallest absolute Gasteiger partial charge is 0.322 e. The fourth-order valence-corrected chi connectivity index (χ4v) is 6.08. The molecule has 2 saturated heterocycles. The van der Waals surface area contributed by atoms with E-state index in [0.717, 1.165) is 60.8 Å². The van der Waals surface area contributed by atoms with Crippen LogP contribution >= 0.6 is 0 Å². The van der Waals surface area contributed by atoms with Crippen LogP contribution in [-0.2, 0) is 13.1 Å². The summed E-state index contributed by atoms with van der Waals surface area (Å²) in [6, 6.07) is 10.8. The number of rotatable bonds is 4. The number of amides is 2. The average molecular weight is 462 g/mol. The lowest BCUT2D eigenvalue weighted by molar-refractivity contribution is 0.160. The van der Waals surface area contributed by atoms with Gasteiger partial charge in [-0.05, 0) is 43.9 Å². The highest BCUT2D eigenvalue weighted by molar-refractivity contribution is 5.82. The number of urea groups is 1. The molecular weight excluding hydrogens is 426 g/mol. The van der Waals surface area contributed by atoms with Gasteiger partial charge in [0.1, 0.15) is 11.5 Å². The third-order valence-electron chi connectivity index (χ3n) is 7.62. The second-order valence-corrected chi connectivity index (χ2v) is 10.1. The maximum atomic E-state index is 13.2. The quantitative estimate of drug-likeness (QED) is 0.705. The molecule has 3 heterocycles. The van der Waals surface area contributed by atoms with Crippen LogP contribution in [0.3, 0.4) is 0 Å². The summed E-state index contributed by atoms with van der Waals surface area (Å²) in [5.41, 5.74) is 7.02. The molecule has 2 aromatic carbocycles. The van der Waals surface area contributed by atoms with Gasteiger partial charge >= 0.3 is 6.03 Å². The first-order valence-electron chi connectivity index (χ1n) is 12.2. The van der Waals surface area contributed by atoms with Crippen molar-refractivity contribution in [2.75, 3.05) is 27.3 Å². The molecule has 2 aromatic rings. The number of hydrogen-bond donors (Lipinski definition) is 1. The molecule has 34 heavy (non-hydrogen) atoms. The van der Waals surface area contributed by atoms with E-state index < -0.39 is 0 Å². The standard InChI is InChI=1S/C28H35N3O3/c1-18-10-19(2)12-21(11-18)16-30-8-6-28(7-9-30)25-13-20(3)26-22(17-31(25)27(32)29-28)14-23(33-4)15-24(26)34-5/h10-15,20H,6-9,16-17H2,1-5H3,(H,29,32)/t20-/m1/s1. The van der Waals surface area contributed by atoms with Crippen molar-refractivity contribution in [2.24, 2.45) is 0 Å². The zero-order valence-electron chi connectivity index (χ0n) is 20.9. The number of methoxy groups -OCH3 is 2.